The van der Waals surface area contributed by atoms with Crippen molar-refractivity contribution in [3.05, 3.63) is 56.5 Å². The fourth-order valence-electron chi connectivity index (χ4n) is 1.68. The fourth-order valence-corrected chi connectivity index (χ4v) is 2.54. The van der Waals surface area contributed by atoms with Gasteiger partial charge in [-0.05, 0) is 51.8 Å². The number of phenolic OH excluding ortho intramolecular Hbond substituents is 1. The van der Waals surface area contributed by atoms with E-state index < -0.39 is 0 Å². The second-order valence-corrected chi connectivity index (χ2v) is 6.03. The van der Waals surface area contributed by atoms with Crippen molar-refractivity contribution >= 4 is 44.0 Å². The molecular formula is C15H12Br2N2O3. The normalized spacial score (nSPS) is 10.7. The van der Waals surface area contributed by atoms with Crippen LogP contribution in [0.25, 0.3) is 0 Å². The highest BCUT2D eigenvalue weighted by molar-refractivity contribution is 9.10. The number of phenols is 1. The van der Waals surface area contributed by atoms with E-state index in [0.717, 1.165) is 4.47 Å². The van der Waals surface area contributed by atoms with E-state index in [2.05, 4.69) is 42.4 Å². The minimum atomic E-state index is -0.317. The van der Waals surface area contributed by atoms with Gasteiger partial charge in [0.25, 0.3) is 5.91 Å². The van der Waals surface area contributed by atoms with E-state index in [1.54, 1.807) is 30.3 Å². The average Bonchev–Trinajstić information content (AvgIpc) is 2.50. The fraction of sp³-hybridized carbons (Fsp3) is 0.0667. The molecule has 2 aromatic rings. The van der Waals surface area contributed by atoms with Crippen LogP contribution in [0, 0.1) is 0 Å². The molecule has 5 nitrogen and oxygen atoms in total. The van der Waals surface area contributed by atoms with E-state index in [4.69, 9.17) is 4.74 Å². The number of rotatable bonds is 4. The van der Waals surface area contributed by atoms with E-state index in [9.17, 15) is 9.90 Å². The molecular weight excluding hydrogens is 416 g/mol. The summed E-state index contributed by atoms with van der Waals surface area (Å²) < 4.78 is 6.34. The molecule has 0 aliphatic heterocycles. The molecule has 114 valence electrons. The maximum absolute atomic E-state index is 11.9. The molecule has 2 aromatic carbocycles. The topological polar surface area (TPSA) is 70.9 Å². The second-order valence-electron chi connectivity index (χ2n) is 4.26. The molecule has 0 aliphatic rings. The van der Waals surface area contributed by atoms with Crippen molar-refractivity contribution in [3.63, 3.8) is 0 Å². The molecule has 0 radical (unpaired) electrons. The number of hydrogen-bond donors (Lipinski definition) is 2. The van der Waals surface area contributed by atoms with E-state index in [1.165, 1.54) is 13.3 Å². The summed E-state index contributed by atoms with van der Waals surface area (Å²) in [6.45, 7) is 0. The Bertz CT molecular complexity index is 733. The van der Waals surface area contributed by atoms with E-state index in [0.29, 0.717) is 21.3 Å². The van der Waals surface area contributed by atoms with E-state index in [1.807, 2.05) is 6.07 Å². The molecule has 0 unspecified atom stereocenters. The number of amides is 1. The summed E-state index contributed by atoms with van der Waals surface area (Å²) >= 11 is 6.52. The van der Waals surface area contributed by atoms with E-state index in [-0.39, 0.29) is 11.7 Å². The minimum absolute atomic E-state index is 0.0119. The van der Waals surface area contributed by atoms with Gasteiger partial charge < -0.3 is 9.84 Å². The van der Waals surface area contributed by atoms with Crippen molar-refractivity contribution in [1.82, 2.24) is 5.43 Å². The zero-order chi connectivity index (χ0) is 16.1. The first-order chi connectivity index (χ1) is 10.5. The third-order valence-electron chi connectivity index (χ3n) is 2.74. The summed E-state index contributed by atoms with van der Waals surface area (Å²) in [5.41, 5.74) is 3.60. The van der Waals surface area contributed by atoms with Crippen LogP contribution in [0.4, 0.5) is 0 Å². The molecule has 0 saturated heterocycles. The van der Waals surface area contributed by atoms with Gasteiger partial charge in [-0.2, -0.15) is 5.10 Å². The van der Waals surface area contributed by atoms with Crippen molar-refractivity contribution in [2.75, 3.05) is 7.11 Å². The largest absolute Gasteiger partial charge is 0.503 e. The minimum Gasteiger partial charge on any atom is -0.503 e. The van der Waals surface area contributed by atoms with Crippen molar-refractivity contribution in [2.45, 2.75) is 0 Å². The van der Waals surface area contributed by atoms with Crippen LogP contribution in [0.3, 0.4) is 0 Å². The van der Waals surface area contributed by atoms with Crippen LogP contribution in [0.1, 0.15) is 15.9 Å². The second kappa shape index (κ2) is 7.42. The zero-order valence-corrected chi connectivity index (χ0v) is 14.7. The van der Waals surface area contributed by atoms with Crippen molar-refractivity contribution in [1.29, 1.82) is 0 Å². The Balaban J connectivity index is 2.10. The summed E-state index contributed by atoms with van der Waals surface area (Å²) in [4.78, 5) is 11.9. The maximum Gasteiger partial charge on any atom is 0.271 e. The zero-order valence-electron chi connectivity index (χ0n) is 11.5. The predicted octanol–water partition coefficient (Wildman–Crippen LogP) is 3.69. The van der Waals surface area contributed by atoms with Crippen molar-refractivity contribution in [2.24, 2.45) is 5.10 Å². The van der Waals surface area contributed by atoms with E-state index >= 15 is 0 Å². The lowest BCUT2D eigenvalue weighted by Crippen LogP contribution is -2.17. The smallest absolute Gasteiger partial charge is 0.271 e. The summed E-state index contributed by atoms with van der Waals surface area (Å²) in [6.07, 6.45) is 1.46. The monoisotopic (exact) mass is 426 g/mol. The molecule has 2 N–H and O–H groups in total. The molecule has 7 heteroatoms. The Hall–Kier alpha value is -1.86. The number of carbonyl (C=O) groups is 1. The van der Waals surface area contributed by atoms with Gasteiger partial charge in [-0.25, -0.2) is 5.43 Å². The van der Waals surface area contributed by atoms with Crippen LogP contribution >= 0.6 is 31.9 Å². The van der Waals surface area contributed by atoms with Gasteiger partial charge in [0, 0.05) is 10.0 Å². The number of nitrogens with one attached hydrogen (secondary N) is 1. The average molecular weight is 428 g/mol. The third-order valence-corrected chi connectivity index (χ3v) is 3.83. The predicted molar refractivity (Wildman–Crippen MR) is 91.6 cm³/mol. The number of aromatic hydroxyl groups is 1. The molecule has 0 fully saturated rings. The van der Waals surface area contributed by atoms with Crippen molar-refractivity contribution in [3.8, 4) is 11.5 Å². The molecule has 0 heterocycles. The van der Waals surface area contributed by atoms with Crippen LogP contribution in [0.15, 0.2) is 50.4 Å². The summed E-state index contributed by atoms with van der Waals surface area (Å²) in [6, 6.07) is 10.3. The Labute approximate surface area is 144 Å². The maximum atomic E-state index is 11.9. The number of ether oxygens (including phenoxy) is 1. The summed E-state index contributed by atoms with van der Waals surface area (Å²) in [7, 11) is 1.46. The highest BCUT2D eigenvalue weighted by Crippen LogP contribution is 2.34. The van der Waals surface area contributed by atoms with Crippen LogP contribution < -0.4 is 10.2 Å². The summed E-state index contributed by atoms with van der Waals surface area (Å²) in [5, 5.41) is 13.6. The van der Waals surface area contributed by atoms with Crippen molar-refractivity contribution < 1.29 is 14.6 Å². The Kier molecular flexibility index (Phi) is 5.57. The summed E-state index contributed by atoms with van der Waals surface area (Å²) in [5.74, 6) is 0.00863. The lowest BCUT2D eigenvalue weighted by atomic mass is 10.2. The van der Waals surface area contributed by atoms with Crippen LogP contribution in [-0.2, 0) is 0 Å². The molecule has 0 aliphatic carbocycles. The van der Waals surface area contributed by atoms with Crippen LogP contribution in [0.2, 0.25) is 0 Å². The first kappa shape index (κ1) is 16.5. The SMILES string of the molecule is COc1cc(/C=N/NC(=O)c2cccc(Br)c2)cc(Br)c1O. The Morgan fingerprint density at radius 3 is 2.77 bits per heavy atom. The van der Waals surface area contributed by atoms with Gasteiger partial charge in [-0.15, -0.1) is 0 Å². The molecule has 1 amide bonds. The van der Waals surface area contributed by atoms with Gasteiger partial charge in [-0.1, -0.05) is 22.0 Å². The van der Waals surface area contributed by atoms with Gasteiger partial charge in [0.2, 0.25) is 0 Å². The lowest BCUT2D eigenvalue weighted by molar-refractivity contribution is 0.0955. The van der Waals surface area contributed by atoms with Crippen LogP contribution in [-0.4, -0.2) is 24.3 Å². The first-order valence-corrected chi connectivity index (χ1v) is 7.75. The Morgan fingerprint density at radius 1 is 1.32 bits per heavy atom. The molecule has 22 heavy (non-hydrogen) atoms. The third kappa shape index (κ3) is 4.08. The van der Waals surface area contributed by atoms with Gasteiger partial charge in [0.1, 0.15) is 0 Å². The van der Waals surface area contributed by atoms with Crippen LogP contribution in [0.5, 0.6) is 11.5 Å². The van der Waals surface area contributed by atoms with Gasteiger partial charge in [0.15, 0.2) is 11.5 Å². The number of halogens is 2. The molecule has 0 atom stereocenters. The number of hydrazone groups is 1. The number of carbonyl (C=O) groups excluding carboxylic acids is 1. The highest BCUT2D eigenvalue weighted by atomic mass is 79.9. The number of hydrogen-bond acceptors (Lipinski definition) is 4. The number of nitrogens with zero attached hydrogens (tertiary/aromatic N) is 1. The molecule has 0 bridgehead atoms. The number of benzene rings is 2. The number of methoxy groups -OCH3 is 1. The molecule has 0 saturated carbocycles. The molecule has 0 aromatic heterocycles. The van der Waals surface area contributed by atoms with Gasteiger partial charge in [-0.3, -0.25) is 4.79 Å². The molecule has 2 rings (SSSR count). The lowest BCUT2D eigenvalue weighted by Gasteiger charge is -2.06. The van der Waals surface area contributed by atoms with Gasteiger partial charge >= 0.3 is 0 Å². The molecule has 0 spiro atoms. The quantitative estimate of drug-likeness (QED) is 0.577. The standard InChI is InChI=1S/C15H12Br2N2O3/c1-22-13-6-9(5-12(17)14(13)20)8-18-19-15(21)10-3-2-4-11(16)7-10/h2-8,20H,1H3,(H,19,21)/b18-8+. The van der Waals surface area contributed by atoms with Gasteiger partial charge in [0.05, 0.1) is 17.8 Å². The Morgan fingerprint density at radius 2 is 2.09 bits per heavy atom. The highest BCUT2D eigenvalue weighted by Gasteiger charge is 2.08. The first-order valence-electron chi connectivity index (χ1n) is 6.16.